The van der Waals surface area contributed by atoms with Gasteiger partial charge in [-0.1, -0.05) is 23.2 Å². The van der Waals surface area contributed by atoms with Crippen LogP contribution in [0, 0.1) is 5.92 Å². The van der Waals surface area contributed by atoms with Crippen molar-refractivity contribution in [3.05, 3.63) is 58.6 Å². The first-order valence-electron chi connectivity index (χ1n) is 10.7. The van der Waals surface area contributed by atoms with E-state index in [-0.39, 0.29) is 25.2 Å². The zero-order valence-corrected chi connectivity index (χ0v) is 18.9. The topological polar surface area (TPSA) is 67.8 Å². The van der Waals surface area contributed by atoms with E-state index < -0.39 is 6.10 Å². The van der Waals surface area contributed by atoms with Crippen LogP contribution in [0.3, 0.4) is 0 Å². The third-order valence-electron chi connectivity index (χ3n) is 5.56. The van der Waals surface area contributed by atoms with E-state index in [2.05, 4.69) is 5.32 Å². The van der Waals surface area contributed by atoms with Crippen LogP contribution in [-0.4, -0.2) is 36.4 Å². The van der Waals surface area contributed by atoms with Gasteiger partial charge in [0, 0.05) is 16.1 Å². The van der Waals surface area contributed by atoms with Gasteiger partial charge in [0.05, 0.1) is 6.10 Å². The fourth-order valence-electron chi connectivity index (χ4n) is 3.78. The summed E-state index contributed by atoms with van der Waals surface area (Å²) >= 11 is 11.7. The van der Waals surface area contributed by atoms with E-state index in [1.54, 1.807) is 48.5 Å². The van der Waals surface area contributed by atoms with Crippen LogP contribution in [0.5, 0.6) is 11.5 Å². The van der Waals surface area contributed by atoms with Gasteiger partial charge in [-0.2, -0.15) is 0 Å². The van der Waals surface area contributed by atoms with Gasteiger partial charge >= 0.3 is 0 Å². The number of carbonyl (C=O) groups excluding carboxylic acids is 1. The molecule has 1 amide bonds. The average Bonchev–Trinajstić information content (AvgIpc) is 2.78. The first-order valence-corrected chi connectivity index (χ1v) is 11.5. The molecular formula is C24H29Cl2NO4. The van der Waals surface area contributed by atoms with Gasteiger partial charge in [-0.05, 0) is 93.0 Å². The van der Waals surface area contributed by atoms with Crippen molar-refractivity contribution < 1.29 is 19.4 Å². The molecule has 1 fully saturated rings. The smallest absolute Gasteiger partial charge is 0.258 e. The number of amides is 1. The number of hydrogen-bond acceptors (Lipinski definition) is 4. The Bertz CT molecular complexity index is 805. The van der Waals surface area contributed by atoms with Gasteiger partial charge in [0.2, 0.25) is 0 Å². The Balaban J connectivity index is 1.27. The zero-order chi connectivity index (χ0) is 22.1. The van der Waals surface area contributed by atoms with E-state index in [0.29, 0.717) is 33.9 Å². The van der Waals surface area contributed by atoms with Gasteiger partial charge in [-0.15, -0.1) is 0 Å². The largest absolute Gasteiger partial charge is 0.491 e. The summed E-state index contributed by atoms with van der Waals surface area (Å²) in [6.07, 6.45) is 5.19. The van der Waals surface area contributed by atoms with Crippen LogP contribution in [0.25, 0.3) is 0 Å². The molecule has 2 aromatic carbocycles. The molecule has 0 radical (unpaired) electrons. The number of rotatable bonds is 10. The van der Waals surface area contributed by atoms with E-state index in [1.165, 1.54) is 0 Å². The number of nitrogens with one attached hydrogen (secondary N) is 1. The molecule has 0 aromatic heterocycles. The molecule has 1 unspecified atom stereocenters. The Kier molecular flexibility index (Phi) is 9.31. The summed E-state index contributed by atoms with van der Waals surface area (Å²) in [4.78, 5) is 12.1. The molecular weight excluding hydrogens is 437 g/mol. The number of hydrogen-bond donors (Lipinski definition) is 2. The molecule has 0 bridgehead atoms. The SMILES string of the molecule is O=C(COc1ccc(Cl)cc1)NC1CCC(CCC(O)COc2ccc(Cl)cc2)CC1. The number of ether oxygens (including phenoxy) is 2. The number of aliphatic hydroxyl groups excluding tert-OH is 1. The van der Waals surface area contributed by atoms with Crippen molar-refractivity contribution in [1.82, 2.24) is 5.32 Å². The average molecular weight is 466 g/mol. The van der Waals surface area contributed by atoms with Crippen molar-refractivity contribution in [2.24, 2.45) is 5.92 Å². The molecule has 168 valence electrons. The number of aliphatic hydroxyl groups is 1. The summed E-state index contributed by atoms with van der Waals surface area (Å²) in [5.74, 6) is 1.80. The monoisotopic (exact) mass is 465 g/mol. The van der Waals surface area contributed by atoms with Gasteiger partial charge in [0.15, 0.2) is 6.61 Å². The van der Waals surface area contributed by atoms with Crippen molar-refractivity contribution >= 4 is 29.1 Å². The van der Waals surface area contributed by atoms with Gasteiger partial charge < -0.3 is 19.9 Å². The number of carbonyl (C=O) groups is 1. The van der Waals surface area contributed by atoms with E-state index in [0.717, 1.165) is 32.1 Å². The normalized spacial score (nSPS) is 19.5. The second-order valence-electron chi connectivity index (χ2n) is 8.02. The lowest BCUT2D eigenvalue weighted by Gasteiger charge is -2.29. The predicted molar refractivity (Wildman–Crippen MR) is 123 cm³/mol. The van der Waals surface area contributed by atoms with Gasteiger partial charge in [0.1, 0.15) is 18.1 Å². The van der Waals surface area contributed by atoms with Gasteiger partial charge in [0.25, 0.3) is 5.91 Å². The minimum Gasteiger partial charge on any atom is -0.491 e. The summed E-state index contributed by atoms with van der Waals surface area (Å²) in [6.45, 7) is 0.280. The Hall–Kier alpha value is -1.95. The molecule has 3 rings (SSSR count). The third-order valence-corrected chi connectivity index (χ3v) is 6.06. The molecule has 1 aliphatic rings. The lowest BCUT2D eigenvalue weighted by atomic mass is 9.83. The van der Waals surface area contributed by atoms with E-state index in [9.17, 15) is 9.90 Å². The number of benzene rings is 2. The molecule has 0 spiro atoms. The third kappa shape index (κ3) is 8.60. The van der Waals surface area contributed by atoms with Crippen molar-refractivity contribution in [3.8, 4) is 11.5 Å². The molecule has 2 aromatic rings. The molecule has 5 nitrogen and oxygen atoms in total. The first kappa shape index (κ1) is 23.7. The van der Waals surface area contributed by atoms with Crippen molar-refractivity contribution in [2.75, 3.05) is 13.2 Å². The van der Waals surface area contributed by atoms with Gasteiger partial charge in [-0.3, -0.25) is 4.79 Å². The first-order chi connectivity index (χ1) is 15.0. The van der Waals surface area contributed by atoms with Crippen LogP contribution < -0.4 is 14.8 Å². The summed E-state index contributed by atoms with van der Waals surface area (Å²) in [5, 5.41) is 14.6. The summed E-state index contributed by atoms with van der Waals surface area (Å²) in [7, 11) is 0. The zero-order valence-electron chi connectivity index (χ0n) is 17.4. The second kappa shape index (κ2) is 12.2. The highest BCUT2D eigenvalue weighted by Gasteiger charge is 2.23. The molecule has 2 N–H and O–H groups in total. The quantitative estimate of drug-likeness (QED) is 0.501. The van der Waals surface area contributed by atoms with Crippen LogP contribution in [0.2, 0.25) is 10.0 Å². The summed E-state index contributed by atoms with van der Waals surface area (Å²) in [6, 6.07) is 14.3. The highest BCUT2D eigenvalue weighted by molar-refractivity contribution is 6.30. The molecule has 1 saturated carbocycles. The molecule has 7 heteroatoms. The summed E-state index contributed by atoms with van der Waals surface area (Å²) < 4.78 is 11.1. The highest BCUT2D eigenvalue weighted by atomic mass is 35.5. The van der Waals surface area contributed by atoms with Crippen molar-refractivity contribution in [3.63, 3.8) is 0 Å². The fraction of sp³-hybridized carbons (Fsp3) is 0.458. The molecule has 31 heavy (non-hydrogen) atoms. The highest BCUT2D eigenvalue weighted by Crippen LogP contribution is 2.28. The maximum Gasteiger partial charge on any atom is 0.258 e. The second-order valence-corrected chi connectivity index (χ2v) is 8.90. The van der Waals surface area contributed by atoms with E-state index >= 15 is 0 Å². The van der Waals surface area contributed by atoms with Gasteiger partial charge in [-0.25, -0.2) is 0 Å². The molecule has 1 atom stereocenters. The van der Waals surface area contributed by atoms with Crippen LogP contribution in [0.4, 0.5) is 0 Å². The van der Waals surface area contributed by atoms with Crippen LogP contribution in [0.1, 0.15) is 38.5 Å². The maximum absolute atomic E-state index is 12.1. The lowest BCUT2D eigenvalue weighted by molar-refractivity contribution is -0.124. The molecule has 0 aliphatic heterocycles. The Labute approximate surface area is 193 Å². The van der Waals surface area contributed by atoms with E-state index in [1.807, 2.05) is 0 Å². The minimum absolute atomic E-state index is 0.00136. The molecule has 0 heterocycles. The minimum atomic E-state index is -0.488. The van der Waals surface area contributed by atoms with Crippen molar-refractivity contribution in [1.29, 1.82) is 0 Å². The Morgan fingerprint density at radius 1 is 0.935 bits per heavy atom. The Morgan fingerprint density at radius 2 is 1.48 bits per heavy atom. The van der Waals surface area contributed by atoms with Crippen molar-refractivity contribution in [2.45, 2.75) is 50.7 Å². The van der Waals surface area contributed by atoms with Crippen LogP contribution in [-0.2, 0) is 4.79 Å². The van der Waals surface area contributed by atoms with Crippen LogP contribution >= 0.6 is 23.2 Å². The standard InChI is InChI=1S/C24H29Cl2NO4/c25-18-4-11-22(12-5-18)30-15-21(28)10-3-17-1-8-20(9-2-17)27-24(29)16-31-23-13-6-19(26)7-14-23/h4-7,11-14,17,20-21,28H,1-3,8-10,15-16H2,(H,27,29). The number of halogens is 2. The Morgan fingerprint density at radius 3 is 2.06 bits per heavy atom. The summed E-state index contributed by atoms with van der Waals surface area (Å²) in [5.41, 5.74) is 0. The molecule has 1 aliphatic carbocycles. The van der Waals surface area contributed by atoms with E-state index in [4.69, 9.17) is 32.7 Å². The maximum atomic E-state index is 12.1. The van der Waals surface area contributed by atoms with Crippen LogP contribution in [0.15, 0.2) is 48.5 Å². The fourth-order valence-corrected chi connectivity index (χ4v) is 4.03. The molecule has 0 saturated heterocycles. The lowest BCUT2D eigenvalue weighted by Crippen LogP contribution is -2.40. The predicted octanol–water partition coefficient (Wildman–Crippen LogP) is 5.27.